The van der Waals surface area contributed by atoms with Crippen LogP contribution in [-0.4, -0.2) is 45.5 Å². The Morgan fingerprint density at radius 1 is 1.26 bits per heavy atom. The van der Waals surface area contributed by atoms with Crippen LogP contribution in [0.2, 0.25) is 0 Å². The molecule has 3 N–H and O–H groups in total. The van der Waals surface area contributed by atoms with Crippen molar-refractivity contribution in [2.45, 2.75) is 24.3 Å². The number of carbonyl (C=O) groups excluding carboxylic acids is 1. The minimum atomic E-state index is -3.78. The van der Waals surface area contributed by atoms with Crippen LogP contribution in [0.5, 0.6) is 0 Å². The van der Waals surface area contributed by atoms with E-state index in [0.29, 0.717) is 37.6 Å². The van der Waals surface area contributed by atoms with Gasteiger partial charge in [0, 0.05) is 18.8 Å². The number of piperidine rings is 1. The van der Waals surface area contributed by atoms with E-state index in [4.69, 9.17) is 15.7 Å². The number of nitrogens with one attached hydrogen (secondary N) is 1. The number of anilines is 1. The Morgan fingerprint density at radius 3 is 2.77 bits per heavy atom. The van der Waals surface area contributed by atoms with E-state index < -0.39 is 10.0 Å². The number of nitrogen functional groups attached to an aromatic ring is 1. The van der Waals surface area contributed by atoms with Crippen LogP contribution in [0.3, 0.4) is 0 Å². The predicted molar refractivity (Wildman–Crippen MR) is 116 cm³/mol. The summed E-state index contributed by atoms with van der Waals surface area (Å²) in [4.78, 5) is 14.3. The highest BCUT2D eigenvalue weighted by Crippen LogP contribution is 2.18. The van der Waals surface area contributed by atoms with E-state index in [1.807, 2.05) is 12.1 Å². The van der Waals surface area contributed by atoms with Crippen LogP contribution in [-0.2, 0) is 26.2 Å². The molecule has 0 aromatic heterocycles. The van der Waals surface area contributed by atoms with Crippen molar-refractivity contribution in [2.75, 3.05) is 32.0 Å². The van der Waals surface area contributed by atoms with Gasteiger partial charge < -0.3 is 15.4 Å². The monoisotopic (exact) mass is 442 g/mol. The van der Waals surface area contributed by atoms with Crippen molar-refractivity contribution in [1.29, 1.82) is 5.26 Å². The minimum Gasteiger partial charge on any atom is -0.399 e. The maximum atomic E-state index is 12.5. The molecule has 0 saturated carbocycles. The fourth-order valence-corrected chi connectivity index (χ4v) is 4.48. The number of hydrogen-bond acceptors (Lipinski definition) is 6. The SMILES string of the molecule is N#Cc1cccc(COCC2CCCN(C(=O)CNS(=O)(=O)c3ccc(N)cc3)C2)c1. The number of benzene rings is 2. The second-order valence-electron chi connectivity index (χ2n) is 7.57. The standard InChI is InChI=1S/C22H26N4O4S/c23-12-17-3-1-4-18(11-17)15-30-16-19-5-2-10-26(14-19)22(27)13-25-31(28,29)21-8-6-20(24)7-9-21/h1,3-4,6-9,11,19,25H,2,5,10,13-16,24H2. The Morgan fingerprint density at radius 2 is 2.03 bits per heavy atom. The molecule has 3 rings (SSSR count). The highest BCUT2D eigenvalue weighted by molar-refractivity contribution is 7.89. The molecule has 0 radical (unpaired) electrons. The summed E-state index contributed by atoms with van der Waals surface area (Å²) in [6, 6.07) is 15.2. The summed E-state index contributed by atoms with van der Waals surface area (Å²) in [5.41, 5.74) is 7.58. The van der Waals surface area contributed by atoms with Gasteiger partial charge in [-0.15, -0.1) is 0 Å². The van der Waals surface area contributed by atoms with Crippen molar-refractivity contribution in [2.24, 2.45) is 5.92 Å². The zero-order chi connectivity index (χ0) is 22.3. The fourth-order valence-electron chi connectivity index (χ4n) is 3.50. The third kappa shape index (κ3) is 6.52. The summed E-state index contributed by atoms with van der Waals surface area (Å²) in [6.07, 6.45) is 1.79. The van der Waals surface area contributed by atoms with Crippen molar-refractivity contribution in [3.05, 3.63) is 59.7 Å². The summed E-state index contributed by atoms with van der Waals surface area (Å²) in [7, 11) is -3.78. The molecule has 9 heteroatoms. The summed E-state index contributed by atoms with van der Waals surface area (Å²) in [5, 5.41) is 8.97. The lowest BCUT2D eigenvalue weighted by atomic mass is 9.99. The fraction of sp³-hybridized carbons (Fsp3) is 0.364. The second kappa shape index (κ2) is 10.4. The number of nitriles is 1. The van der Waals surface area contributed by atoms with E-state index in [1.165, 1.54) is 24.3 Å². The first-order chi connectivity index (χ1) is 14.9. The first kappa shape index (κ1) is 22.7. The molecule has 1 atom stereocenters. The van der Waals surface area contributed by atoms with Gasteiger partial charge >= 0.3 is 0 Å². The van der Waals surface area contributed by atoms with Gasteiger partial charge in [0.25, 0.3) is 0 Å². The number of nitrogens with zero attached hydrogens (tertiary/aromatic N) is 2. The van der Waals surface area contributed by atoms with Gasteiger partial charge in [-0.2, -0.15) is 5.26 Å². The Bertz CT molecular complexity index is 1050. The van der Waals surface area contributed by atoms with Crippen molar-refractivity contribution < 1.29 is 17.9 Å². The van der Waals surface area contributed by atoms with Gasteiger partial charge in [-0.25, -0.2) is 13.1 Å². The Balaban J connectivity index is 1.46. The maximum absolute atomic E-state index is 12.5. The van der Waals surface area contributed by atoms with E-state index in [1.54, 1.807) is 17.0 Å². The second-order valence-corrected chi connectivity index (χ2v) is 9.34. The third-order valence-electron chi connectivity index (χ3n) is 5.15. The van der Waals surface area contributed by atoms with Gasteiger partial charge in [-0.3, -0.25) is 4.79 Å². The van der Waals surface area contributed by atoms with E-state index in [2.05, 4.69) is 10.8 Å². The number of ether oxygens (including phenoxy) is 1. The number of rotatable bonds is 8. The maximum Gasteiger partial charge on any atom is 0.241 e. The molecule has 0 aliphatic carbocycles. The third-order valence-corrected chi connectivity index (χ3v) is 6.57. The van der Waals surface area contributed by atoms with Crippen LogP contribution >= 0.6 is 0 Å². The molecule has 1 fully saturated rings. The van der Waals surface area contributed by atoms with Crippen LogP contribution in [0.1, 0.15) is 24.0 Å². The molecule has 164 valence electrons. The van der Waals surface area contributed by atoms with E-state index >= 15 is 0 Å². The van der Waals surface area contributed by atoms with Crippen LogP contribution in [0.25, 0.3) is 0 Å². The number of amides is 1. The zero-order valence-corrected chi connectivity index (χ0v) is 18.0. The lowest BCUT2D eigenvalue weighted by molar-refractivity contribution is -0.132. The lowest BCUT2D eigenvalue weighted by Crippen LogP contribution is -2.45. The van der Waals surface area contributed by atoms with E-state index in [-0.39, 0.29) is 23.3 Å². The van der Waals surface area contributed by atoms with Crippen LogP contribution < -0.4 is 10.5 Å². The minimum absolute atomic E-state index is 0.0693. The predicted octanol–water partition coefficient (Wildman–Crippen LogP) is 1.87. The smallest absolute Gasteiger partial charge is 0.241 e. The van der Waals surface area contributed by atoms with Gasteiger partial charge in [0.15, 0.2) is 0 Å². The molecule has 1 aliphatic rings. The zero-order valence-electron chi connectivity index (χ0n) is 17.2. The van der Waals surface area contributed by atoms with Crippen LogP contribution in [0, 0.1) is 17.2 Å². The van der Waals surface area contributed by atoms with Gasteiger partial charge in [0.1, 0.15) is 0 Å². The first-order valence-electron chi connectivity index (χ1n) is 10.1. The molecule has 1 unspecified atom stereocenters. The Kier molecular flexibility index (Phi) is 7.63. The Labute approximate surface area is 182 Å². The van der Waals surface area contributed by atoms with Gasteiger partial charge in [-0.1, -0.05) is 12.1 Å². The molecule has 31 heavy (non-hydrogen) atoms. The highest BCUT2D eigenvalue weighted by atomic mass is 32.2. The molecule has 1 aliphatic heterocycles. The molecule has 2 aromatic carbocycles. The van der Waals surface area contributed by atoms with Crippen LogP contribution in [0.15, 0.2) is 53.4 Å². The molecule has 2 aromatic rings. The number of nitrogens with two attached hydrogens (primary N) is 1. The van der Waals surface area contributed by atoms with Gasteiger partial charge in [-0.05, 0) is 60.7 Å². The summed E-state index contributed by atoms with van der Waals surface area (Å²) in [6.45, 7) is 1.74. The van der Waals surface area contributed by atoms with E-state index in [0.717, 1.165) is 18.4 Å². The first-order valence-corrected chi connectivity index (χ1v) is 11.6. The number of carbonyl (C=O) groups is 1. The molecule has 8 nitrogen and oxygen atoms in total. The van der Waals surface area contributed by atoms with E-state index in [9.17, 15) is 13.2 Å². The normalized spacial score (nSPS) is 16.6. The molecule has 1 heterocycles. The molecule has 0 bridgehead atoms. The average Bonchev–Trinajstić information content (AvgIpc) is 2.78. The quantitative estimate of drug-likeness (QED) is 0.601. The molecule has 1 saturated heterocycles. The largest absolute Gasteiger partial charge is 0.399 e. The number of sulfonamides is 1. The van der Waals surface area contributed by atoms with Crippen LogP contribution in [0.4, 0.5) is 5.69 Å². The van der Waals surface area contributed by atoms with Crippen molar-refractivity contribution in [1.82, 2.24) is 9.62 Å². The van der Waals surface area contributed by atoms with Gasteiger partial charge in [0.05, 0.1) is 36.3 Å². The molecule has 1 amide bonds. The highest BCUT2D eigenvalue weighted by Gasteiger charge is 2.25. The molecular formula is C22H26N4O4S. The lowest BCUT2D eigenvalue weighted by Gasteiger charge is -2.32. The average molecular weight is 443 g/mol. The topological polar surface area (TPSA) is 126 Å². The van der Waals surface area contributed by atoms with Crippen molar-refractivity contribution in [3.63, 3.8) is 0 Å². The number of hydrogen-bond donors (Lipinski definition) is 2. The summed E-state index contributed by atoms with van der Waals surface area (Å²) in [5.74, 6) is -0.0732. The molecular weight excluding hydrogens is 416 g/mol. The summed E-state index contributed by atoms with van der Waals surface area (Å²) >= 11 is 0. The molecule has 0 spiro atoms. The number of likely N-dealkylation sites (tertiary alicyclic amines) is 1. The summed E-state index contributed by atoms with van der Waals surface area (Å²) < 4.78 is 32.9. The Hall–Kier alpha value is -2.93. The van der Waals surface area contributed by atoms with Crippen molar-refractivity contribution in [3.8, 4) is 6.07 Å². The van der Waals surface area contributed by atoms with Crippen molar-refractivity contribution >= 4 is 21.6 Å². The van der Waals surface area contributed by atoms with Gasteiger partial charge in [0.2, 0.25) is 15.9 Å².